The van der Waals surface area contributed by atoms with Crippen molar-refractivity contribution in [2.24, 2.45) is 0 Å². The average molecular weight is 321 g/mol. The van der Waals surface area contributed by atoms with Crippen molar-refractivity contribution in [1.29, 1.82) is 0 Å². The zero-order chi connectivity index (χ0) is 15.0. The van der Waals surface area contributed by atoms with E-state index in [2.05, 4.69) is 0 Å². The van der Waals surface area contributed by atoms with E-state index in [0.29, 0.717) is 25.8 Å². The summed E-state index contributed by atoms with van der Waals surface area (Å²) >= 11 is 1.33. The van der Waals surface area contributed by atoms with Crippen LogP contribution in [-0.4, -0.2) is 64.9 Å². The molecule has 0 aromatic heterocycles. The molecule has 6 nitrogen and oxygen atoms in total. The number of sulfone groups is 1. The summed E-state index contributed by atoms with van der Waals surface area (Å²) in [4.78, 5) is 24.9. The number of hydrogen-bond donors (Lipinski definition) is 1. The summed E-state index contributed by atoms with van der Waals surface area (Å²) in [5.41, 5.74) is -1.11. The lowest BCUT2D eigenvalue weighted by molar-refractivity contribution is -0.154. The lowest BCUT2D eigenvalue weighted by Crippen LogP contribution is -2.51. The van der Waals surface area contributed by atoms with Gasteiger partial charge in [0.2, 0.25) is 5.91 Å². The lowest BCUT2D eigenvalue weighted by atomic mass is 9.99. The first kappa shape index (κ1) is 15.6. The highest BCUT2D eigenvalue weighted by atomic mass is 32.2. The molecule has 20 heavy (non-hydrogen) atoms. The quantitative estimate of drug-likeness (QED) is 0.804. The van der Waals surface area contributed by atoms with E-state index in [1.165, 1.54) is 16.7 Å². The van der Waals surface area contributed by atoms with E-state index in [9.17, 15) is 23.1 Å². The molecule has 2 aliphatic rings. The Labute approximate surface area is 122 Å². The van der Waals surface area contributed by atoms with Crippen LogP contribution < -0.4 is 0 Å². The Morgan fingerprint density at radius 3 is 2.70 bits per heavy atom. The SMILES string of the molecule is CC1(C(=O)O)CCCN1C(=O)CSC1CCS(=O)(=O)C1. The van der Waals surface area contributed by atoms with Crippen LogP contribution in [0.5, 0.6) is 0 Å². The second-order valence-electron chi connectivity index (χ2n) is 5.56. The van der Waals surface area contributed by atoms with Crippen molar-refractivity contribution >= 4 is 33.5 Å². The van der Waals surface area contributed by atoms with Gasteiger partial charge in [0, 0.05) is 11.8 Å². The van der Waals surface area contributed by atoms with Crippen LogP contribution in [-0.2, 0) is 19.4 Å². The second kappa shape index (κ2) is 5.55. The van der Waals surface area contributed by atoms with Crippen LogP contribution in [0.1, 0.15) is 26.2 Å². The largest absolute Gasteiger partial charge is 0.480 e. The van der Waals surface area contributed by atoms with Crippen LogP contribution in [0.4, 0.5) is 0 Å². The third kappa shape index (κ3) is 3.11. The number of likely N-dealkylation sites (tertiary alicyclic amines) is 1. The minimum Gasteiger partial charge on any atom is -0.480 e. The van der Waals surface area contributed by atoms with E-state index in [1.54, 1.807) is 6.92 Å². The first-order valence-corrected chi connectivity index (χ1v) is 9.47. The van der Waals surface area contributed by atoms with Crippen molar-refractivity contribution in [3.63, 3.8) is 0 Å². The maximum Gasteiger partial charge on any atom is 0.329 e. The summed E-state index contributed by atoms with van der Waals surface area (Å²) in [5, 5.41) is 9.22. The van der Waals surface area contributed by atoms with Gasteiger partial charge in [-0.1, -0.05) is 0 Å². The Morgan fingerprint density at radius 1 is 1.45 bits per heavy atom. The zero-order valence-electron chi connectivity index (χ0n) is 11.4. The average Bonchev–Trinajstić information content (AvgIpc) is 2.90. The molecule has 0 spiro atoms. The molecule has 114 valence electrons. The van der Waals surface area contributed by atoms with Crippen LogP contribution in [0.3, 0.4) is 0 Å². The fourth-order valence-electron chi connectivity index (χ4n) is 2.74. The van der Waals surface area contributed by atoms with E-state index < -0.39 is 21.3 Å². The minimum atomic E-state index is -2.94. The molecular formula is C12H19NO5S2. The molecule has 2 heterocycles. The molecule has 2 rings (SSSR count). The van der Waals surface area contributed by atoms with E-state index >= 15 is 0 Å². The standard InChI is InChI=1S/C12H19NO5S2/c1-12(11(15)16)4-2-5-13(12)10(14)7-19-9-3-6-20(17,18)8-9/h9H,2-8H2,1H3,(H,15,16). The van der Waals surface area contributed by atoms with Crippen LogP contribution >= 0.6 is 11.8 Å². The number of thioether (sulfide) groups is 1. The van der Waals surface area contributed by atoms with E-state index in [-0.39, 0.29) is 28.4 Å². The number of carbonyl (C=O) groups excluding carboxylic acids is 1. The molecule has 0 aromatic carbocycles. The topological polar surface area (TPSA) is 91.8 Å². The Kier molecular flexibility index (Phi) is 4.34. The van der Waals surface area contributed by atoms with Gasteiger partial charge >= 0.3 is 5.97 Å². The molecule has 2 fully saturated rings. The first-order chi connectivity index (χ1) is 9.24. The molecule has 0 bridgehead atoms. The van der Waals surface area contributed by atoms with Gasteiger partial charge in [0.15, 0.2) is 9.84 Å². The summed E-state index contributed by atoms with van der Waals surface area (Å²) in [5.74, 6) is -0.710. The predicted molar refractivity (Wildman–Crippen MR) is 76.5 cm³/mol. The minimum absolute atomic E-state index is 0.0392. The Bertz CT molecular complexity index is 518. The number of carboxylic acid groups (broad SMARTS) is 1. The number of carbonyl (C=O) groups is 2. The Balaban J connectivity index is 1.91. The van der Waals surface area contributed by atoms with Gasteiger partial charge in [0.25, 0.3) is 0 Å². The molecule has 0 aromatic rings. The van der Waals surface area contributed by atoms with Gasteiger partial charge < -0.3 is 10.0 Å². The van der Waals surface area contributed by atoms with Crippen molar-refractivity contribution in [3.05, 3.63) is 0 Å². The van der Waals surface area contributed by atoms with Crippen LogP contribution in [0, 0.1) is 0 Å². The fourth-order valence-corrected chi connectivity index (χ4v) is 6.26. The van der Waals surface area contributed by atoms with E-state index in [4.69, 9.17) is 0 Å². The molecule has 2 atom stereocenters. The second-order valence-corrected chi connectivity index (χ2v) is 9.08. The number of nitrogens with zero attached hydrogens (tertiary/aromatic N) is 1. The van der Waals surface area contributed by atoms with Crippen molar-refractivity contribution in [2.75, 3.05) is 23.8 Å². The van der Waals surface area contributed by atoms with Crippen LogP contribution in [0.2, 0.25) is 0 Å². The Hall–Kier alpha value is -0.760. The molecular weight excluding hydrogens is 302 g/mol. The molecule has 2 unspecified atom stereocenters. The van der Waals surface area contributed by atoms with E-state index in [0.717, 1.165) is 0 Å². The molecule has 2 aliphatic heterocycles. The van der Waals surface area contributed by atoms with E-state index in [1.807, 2.05) is 0 Å². The summed E-state index contributed by atoms with van der Waals surface area (Å²) in [6, 6.07) is 0. The predicted octanol–water partition coefficient (Wildman–Crippen LogP) is 0.372. The first-order valence-electron chi connectivity index (χ1n) is 6.60. The summed E-state index contributed by atoms with van der Waals surface area (Å²) < 4.78 is 22.7. The maximum atomic E-state index is 12.2. The summed E-state index contributed by atoms with van der Waals surface area (Å²) in [6.07, 6.45) is 1.74. The smallest absolute Gasteiger partial charge is 0.329 e. The third-order valence-electron chi connectivity index (χ3n) is 4.04. The molecule has 0 saturated carbocycles. The summed E-state index contributed by atoms with van der Waals surface area (Å²) in [6.45, 7) is 2.04. The molecule has 8 heteroatoms. The van der Waals surface area contributed by atoms with Crippen molar-refractivity contribution in [1.82, 2.24) is 4.90 Å². The van der Waals surface area contributed by atoms with Crippen molar-refractivity contribution in [2.45, 2.75) is 37.0 Å². The molecule has 1 N–H and O–H groups in total. The van der Waals surface area contributed by atoms with Gasteiger partial charge in [-0.3, -0.25) is 4.79 Å². The summed E-state index contributed by atoms with van der Waals surface area (Å²) in [7, 11) is -2.94. The van der Waals surface area contributed by atoms with Gasteiger partial charge in [-0.05, 0) is 26.2 Å². The highest BCUT2D eigenvalue weighted by Gasteiger charge is 2.45. The Morgan fingerprint density at radius 2 is 2.15 bits per heavy atom. The lowest BCUT2D eigenvalue weighted by Gasteiger charge is -2.31. The molecule has 0 aliphatic carbocycles. The highest BCUT2D eigenvalue weighted by Crippen LogP contribution is 2.31. The number of aliphatic carboxylic acids is 1. The monoisotopic (exact) mass is 321 g/mol. The van der Waals surface area contributed by atoms with Crippen LogP contribution in [0.25, 0.3) is 0 Å². The number of carboxylic acids is 1. The fraction of sp³-hybridized carbons (Fsp3) is 0.833. The normalized spacial score (nSPS) is 32.5. The molecule has 2 saturated heterocycles. The van der Waals surface area contributed by atoms with Gasteiger partial charge in [0.1, 0.15) is 5.54 Å². The highest BCUT2D eigenvalue weighted by molar-refractivity contribution is 8.02. The van der Waals surface area contributed by atoms with Crippen LogP contribution in [0.15, 0.2) is 0 Å². The number of rotatable bonds is 4. The van der Waals surface area contributed by atoms with Gasteiger partial charge in [0.05, 0.1) is 17.3 Å². The van der Waals surface area contributed by atoms with Crippen molar-refractivity contribution < 1.29 is 23.1 Å². The molecule has 1 amide bonds. The molecule has 0 radical (unpaired) electrons. The number of hydrogen-bond acceptors (Lipinski definition) is 5. The number of amides is 1. The third-order valence-corrected chi connectivity index (χ3v) is 7.30. The van der Waals surface area contributed by atoms with Crippen molar-refractivity contribution in [3.8, 4) is 0 Å². The zero-order valence-corrected chi connectivity index (χ0v) is 13.0. The van der Waals surface area contributed by atoms with Gasteiger partial charge in [-0.2, -0.15) is 0 Å². The maximum absolute atomic E-state index is 12.2. The van der Waals surface area contributed by atoms with Gasteiger partial charge in [-0.15, -0.1) is 11.8 Å². The van der Waals surface area contributed by atoms with Gasteiger partial charge in [-0.25, -0.2) is 13.2 Å².